The molecule has 178 valence electrons. The molecule has 0 aliphatic carbocycles. The van der Waals surface area contributed by atoms with Crippen molar-refractivity contribution in [2.75, 3.05) is 27.9 Å². The molecule has 8 nitrogen and oxygen atoms in total. The molecule has 34 heavy (non-hydrogen) atoms. The number of fused-ring (bicyclic) bond motifs is 3. The number of ether oxygens (including phenoxy) is 4. The molecule has 3 heterocycles. The Hall–Kier alpha value is -3.01. The Labute approximate surface area is 204 Å². The molecule has 0 saturated carbocycles. The minimum Gasteiger partial charge on any atom is -0.506 e. The summed E-state index contributed by atoms with van der Waals surface area (Å²) < 4.78 is 24.5. The fraction of sp³-hybridized carbons (Fsp3) is 0.333. The van der Waals surface area contributed by atoms with Crippen LogP contribution in [0.5, 0.6) is 23.0 Å². The van der Waals surface area contributed by atoms with E-state index in [0.29, 0.717) is 56.3 Å². The number of aromatic nitrogens is 2. The highest BCUT2D eigenvalue weighted by atomic mass is 35.5. The van der Waals surface area contributed by atoms with Crippen molar-refractivity contribution < 1.29 is 24.1 Å². The van der Waals surface area contributed by atoms with Gasteiger partial charge in [-0.15, -0.1) is 11.3 Å². The molecular formula is C24H23ClN2O6S. The molecule has 1 aliphatic rings. The van der Waals surface area contributed by atoms with Gasteiger partial charge in [0.1, 0.15) is 16.4 Å². The molecule has 10 heteroatoms. The second-order valence-corrected chi connectivity index (χ2v) is 9.31. The van der Waals surface area contributed by atoms with E-state index in [1.807, 2.05) is 6.07 Å². The SMILES string of the molecule is COc1cc(-c2nc3sc4c(O)cccc4c3c(=O)n2CC2CCCO2)c(Cl)c(OC)c1OC. The van der Waals surface area contributed by atoms with E-state index in [0.717, 1.165) is 12.8 Å². The zero-order valence-electron chi connectivity index (χ0n) is 18.9. The maximum Gasteiger partial charge on any atom is 0.263 e. The van der Waals surface area contributed by atoms with Gasteiger partial charge >= 0.3 is 0 Å². The topological polar surface area (TPSA) is 92.0 Å². The maximum atomic E-state index is 13.9. The number of benzene rings is 2. The van der Waals surface area contributed by atoms with Crippen LogP contribution in [0.25, 0.3) is 31.7 Å². The minimum atomic E-state index is -0.225. The summed E-state index contributed by atoms with van der Waals surface area (Å²) in [7, 11) is 4.50. The van der Waals surface area contributed by atoms with Crippen molar-refractivity contribution in [3.63, 3.8) is 0 Å². The number of nitrogens with zero attached hydrogens (tertiary/aromatic N) is 2. The number of methoxy groups -OCH3 is 3. The van der Waals surface area contributed by atoms with Gasteiger partial charge in [0.2, 0.25) is 5.75 Å². The standard InChI is InChI=1S/C24H23ClN2O6S/c1-30-16-10-14(18(25)20(32-3)19(16)31-2)22-26-23-17(13-7-4-8-15(28)21(13)34-23)24(29)27(22)11-12-6-5-9-33-12/h4,7-8,10,12,28H,5-6,9,11H2,1-3H3. The molecule has 1 fully saturated rings. The molecule has 1 unspecified atom stereocenters. The Morgan fingerprint density at radius 2 is 2.03 bits per heavy atom. The number of phenols is 1. The third-order valence-corrected chi connectivity index (χ3v) is 7.52. The number of hydrogen-bond donors (Lipinski definition) is 1. The molecular weight excluding hydrogens is 480 g/mol. The van der Waals surface area contributed by atoms with Crippen LogP contribution in [0.2, 0.25) is 5.02 Å². The van der Waals surface area contributed by atoms with Gasteiger partial charge in [-0.2, -0.15) is 0 Å². The first-order valence-electron chi connectivity index (χ1n) is 10.7. The molecule has 0 radical (unpaired) electrons. The Kier molecular flexibility index (Phi) is 6.01. The summed E-state index contributed by atoms with van der Waals surface area (Å²) in [5.41, 5.74) is 0.243. The van der Waals surface area contributed by atoms with Crippen LogP contribution in [-0.2, 0) is 11.3 Å². The van der Waals surface area contributed by atoms with Gasteiger partial charge in [-0.3, -0.25) is 9.36 Å². The molecule has 1 aliphatic heterocycles. The third-order valence-electron chi connectivity index (χ3n) is 6.02. The molecule has 0 amide bonds. The van der Waals surface area contributed by atoms with Gasteiger partial charge in [0.25, 0.3) is 5.56 Å². The van der Waals surface area contributed by atoms with Crippen LogP contribution in [0.4, 0.5) is 0 Å². The molecule has 4 aromatic rings. The number of aromatic hydroxyl groups is 1. The van der Waals surface area contributed by atoms with E-state index in [9.17, 15) is 9.90 Å². The van der Waals surface area contributed by atoms with Gasteiger partial charge < -0.3 is 24.1 Å². The Balaban J connectivity index is 1.85. The van der Waals surface area contributed by atoms with Crippen molar-refractivity contribution in [1.82, 2.24) is 9.55 Å². The predicted molar refractivity (Wildman–Crippen MR) is 132 cm³/mol. The van der Waals surface area contributed by atoms with Crippen LogP contribution < -0.4 is 19.8 Å². The van der Waals surface area contributed by atoms with Crippen molar-refractivity contribution in [2.24, 2.45) is 0 Å². The zero-order valence-corrected chi connectivity index (χ0v) is 20.5. The summed E-state index contributed by atoms with van der Waals surface area (Å²) in [6.45, 7) is 0.977. The van der Waals surface area contributed by atoms with E-state index in [4.69, 9.17) is 35.5 Å². The van der Waals surface area contributed by atoms with Crippen molar-refractivity contribution >= 4 is 43.2 Å². The Bertz CT molecular complexity index is 1460. The number of rotatable bonds is 6. The van der Waals surface area contributed by atoms with E-state index < -0.39 is 0 Å². The Morgan fingerprint density at radius 3 is 2.71 bits per heavy atom. The lowest BCUT2D eigenvalue weighted by molar-refractivity contribution is 0.0965. The van der Waals surface area contributed by atoms with E-state index in [2.05, 4.69) is 0 Å². The minimum absolute atomic E-state index is 0.109. The largest absolute Gasteiger partial charge is 0.506 e. The van der Waals surface area contributed by atoms with Gasteiger partial charge in [-0.05, 0) is 25.0 Å². The fourth-order valence-electron chi connectivity index (χ4n) is 4.42. The molecule has 5 rings (SSSR count). The first-order chi connectivity index (χ1) is 16.5. The normalized spacial score (nSPS) is 15.8. The van der Waals surface area contributed by atoms with Gasteiger partial charge in [0.05, 0.1) is 49.1 Å². The Morgan fingerprint density at radius 1 is 1.24 bits per heavy atom. The fourth-order valence-corrected chi connectivity index (χ4v) is 5.80. The van der Waals surface area contributed by atoms with Gasteiger partial charge in [0, 0.05) is 17.6 Å². The van der Waals surface area contributed by atoms with Crippen LogP contribution in [0.3, 0.4) is 0 Å². The van der Waals surface area contributed by atoms with Gasteiger partial charge in [-0.25, -0.2) is 4.98 Å². The smallest absolute Gasteiger partial charge is 0.263 e. The second-order valence-electron chi connectivity index (χ2n) is 7.93. The highest BCUT2D eigenvalue weighted by Crippen LogP contribution is 2.48. The monoisotopic (exact) mass is 502 g/mol. The second kappa shape index (κ2) is 8.98. The first-order valence-corrected chi connectivity index (χ1v) is 11.9. The molecule has 2 aromatic carbocycles. The average molecular weight is 503 g/mol. The molecule has 1 N–H and O–H groups in total. The van der Waals surface area contributed by atoms with Crippen LogP contribution in [0.15, 0.2) is 29.1 Å². The molecule has 2 aromatic heterocycles. The van der Waals surface area contributed by atoms with Crippen molar-refractivity contribution in [1.29, 1.82) is 0 Å². The third kappa shape index (κ3) is 3.55. The lowest BCUT2D eigenvalue weighted by Crippen LogP contribution is -2.28. The highest BCUT2D eigenvalue weighted by molar-refractivity contribution is 7.25. The molecule has 1 atom stereocenters. The lowest BCUT2D eigenvalue weighted by atomic mass is 10.1. The van der Waals surface area contributed by atoms with E-state index in [-0.39, 0.29) is 28.2 Å². The zero-order chi connectivity index (χ0) is 24.0. The summed E-state index contributed by atoms with van der Waals surface area (Å²) in [4.78, 5) is 19.3. The summed E-state index contributed by atoms with van der Waals surface area (Å²) in [6, 6.07) is 6.82. The van der Waals surface area contributed by atoms with Gasteiger partial charge in [0.15, 0.2) is 11.5 Å². The van der Waals surface area contributed by atoms with Crippen LogP contribution in [-0.4, -0.2) is 48.7 Å². The molecule has 0 spiro atoms. The number of hydrogen-bond acceptors (Lipinski definition) is 8. The van der Waals surface area contributed by atoms with E-state index in [1.165, 1.54) is 32.7 Å². The first kappa shape index (κ1) is 22.8. The molecule has 1 saturated heterocycles. The predicted octanol–water partition coefficient (Wildman–Crippen LogP) is 4.84. The van der Waals surface area contributed by atoms with Crippen molar-refractivity contribution in [3.8, 4) is 34.4 Å². The quantitative estimate of drug-likeness (QED) is 0.403. The van der Waals surface area contributed by atoms with Crippen molar-refractivity contribution in [2.45, 2.75) is 25.5 Å². The molecule has 0 bridgehead atoms. The van der Waals surface area contributed by atoms with Crippen LogP contribution in [0, 0.1) is 0 Å². The number of halogens is 1. The van der Waals surface area contributed by atoms with Crippen LogP contribution in [0.1, 0.15) is 12.8 Å². The highest BCUT2D eigenvalue weighted by Gasteiger charge is 2.27. The van der Waals surface area contributed by atoms with Crippen LogP contribution >= 0.6 is 22.9 Å². The maximum absolute atomic E-state index is 13.9. The summed E-state index contributed by atoms with van der Waals surface area (Å²) in [5, 5.41) is 11.7. The number of thiophene rings is 1. The van der Waals surface area contributed by atoms with E-state index in [1.54, 1.807) is 22.8 Å². The average Bonchev–Trinajstić information content (AvgIpc) is 3.49. The summed E-state index contributed by atoms with van der Waals surface area (Å²) in [6.07, 6.45) is 1.66. The van der Waals surface area contributed by atoms with Crippen molar-refractivity contribution in [3.05, 3.63) is 39.6 Å². The summed E-state index contributed by atoms with van der Waals surface area (Å²) >= 11 is 8.03. The van der Waals surface area contributed by atoms with Gasteiger partial charge in [-0.1, -0.05) is 23.7 Å². The van der Waals surface area contributed by atoms with E-state index >= 15 is 0 Å². The summed E-state index contributed by atoms with van der Waals surface area (Å²) in [5.74, 6) is 1.50. The lowest BCUT2D eigenvalue weighted by Gasteiger charge is -2.20. The number of phenolic OH excluding ortho intramolecular Hbond substituents is 1.